The zero-order valence-corrected chi connectivity index (χ0v) is 14.4. The van der Waals surface area contributed by atoms with Crippen LogP contribution in [0, 0.1) is 0 Å². The summed E-state index contributed by atoms with van der Waals surface area (Å²) in [5.74, 6) is -0.414. The van der Waals surface area contributed by atoms with E-state index in [9.17, 15) is 9.59 Å². The van der Waals surface area contributed by atoms with Gasteiger partial charge >= 0.3 is 0 Å². The second-order valence-electron chi connectivity index (χ2n) is 5.85. The van der Waals surface area contributed by atoms with Crippen LogP contribution in [-0.2, 0) is 6.42 Å². The van der Waals surface area contributed by atoms with E-state index in [0.717, 1.165) is 20.8 Å². The summed E-state index contributed by atoms with van der Waals surface area (Å²) in [7, 11) is 0. The highest BCUT2D eigenvalue weighted by molar-refractivity contribution is 9.10. The molecule has 4 rings (SSSR count). The van der Waals surface area contributed by atoms with Gasteiger partial charge in [-0.3, -0.25) is 14.5 Å². The lowest BCUT2D eigenvalue weighted by Gasteiger charge is -2.27. The van der Waals surface area contributed by atoms with Crippen molar-refractivity contribution in [2.24, 2.45) is 0 Å². The predicted molar refractivity (Wildman–Crippen MR) is 97.2 cm³/mol. The van der Waals surface area contributed by atoms with Gasteiger partial charge < -0.3 is 0 Å². The van der Waals surface area contributed by atoms with Crippen molar-refractivity contribution in [3.8, 4) is 0 Å². The Labute approximate surface area is 148 Å². The summed E-state index contributed by atoms with van der Waals surface area (Å²) in [6, 6.07) is 19.1. The Morgan fingerprint density at radius 3 is 1.96 bits per heavy atom. The van der Waals surface area contributed by atoms with E-state index in [4.69, 9.17) is 0 Å². The molecule has 1 heterocycles. The van der Waals surface area contributed by atoms with Crippen LogP contribution >= 0.6 is 15.9 Å². The van der Waals surface area contributed by atoms with Crippen LogP contribution < -0.4 is 0 Å². The molecule has 0 radical (unpaired) electrons. The molecule has 0 aliphatic carbocycles. The van der Waals surface area contributed by atoms with E-state index in [1.54, 1.807) is 12.1 Å². The summed E-state index contributed by atoms with van der Waals surface area (Å²) in [6.07, 6.45) is 0.642. The van der Waals surface area contributed by atoms with Crippen molar-refractivity contribution < 1.29 is 9.59 Å². The van der Waals surface area contributed by atoms with E-state index in [2.05, 4.69) is 15.9 Å². The highest BCUT2D eigenvalue weighted by atomic mass is 79.9. The van der Waals surface area contributed by atoms with Gasteiger partial charge in [0.1, 0.15) is 0 Å². The largest absolute Gasteiger partial charge is 0.274 e. The van der Waals surface area contributed by atoms with E-state index in [1.165, 1.54) is 4.90 Å². The van der Waals surface area contributed by atoms with Crippen LogP contribution in [0.1, 0.15) is 26.3 Å². The van der Waals surface area contributed by atoms with E-state index in [-0.39, 0.29) is 11.8 Å². The molecule has 0 spiro atoms. The molecule has 118 valence electrons. The SMILES string of the molecule is O=C1c2cccc3cccc(c23)C(=O)N1CCc1ccc(Br)cc1. The highest BCUT2D eigenvalue weighted by Gasteiger charge is 2.32. The maximum absolute atomic E-state index is 12.8. The van der Waals surface area contributed by atoms with Crippen LogP contribution in [0.2, 0.25) is 0 Å². The number of amides is 2. The van der Waals surface area contributed by atoms with E-state index >= 15 is 0 Å². The second kappa shape index (κ2) is 5.87. The van der Waals surface area contributed by atoms with Gasteiger partial charge in [0.15, 0.2) is 0 Å². The summed E-state index contributed by atoms with van der Waals surface area (Å²) >= 11 is 3.41. The Morgan fingerprint density at radius 1 is 0.792 bits per heavy atom. The molecule has 4 heteroatoms. The van der Waals surface area contributed by atoms with E-state index in [0.29, 0.717) is 24.1 Å². The molecule has 3 aromatic carbocycles. The van der Waals surface area contributed by atoms with E-state index in [1.807, 2.05) is 48.5 Å². The fraction of sp³-hybridized carbons (Fsp3) is 0.100. The third-order valence-electron chi connectivity index (χ3n) is 4.39. The number of hydrogen-bond acceptors (Lipinski definition) is 2. The zero-order valence-electron chi connectivity index (χ0n) is 12.8. The van der Waals surface area contributed by atoms with Crippen molar-refractivity contribution in [2.45, 2.75) is 6.42 Å². The maximum atomic E-state index is 12.8. The molecule has 24 heavy (non-hydrogen) atoms. The first-order valence-electron chi connectivity index (χ1n) is 7.77. The van der Waals surface area contributed by atoms with Gasteiger partial charge in [-0.15, -0.1) is 0 Å². The fourth-order valence-electron chi connectivity index (χ4n) is 3.18. The van der Waals surface area contributed by atoms with Crippen molar-refractivity contribution in [1.29, 1.82) is 0 Å². The average Bonchev–Trinajstić information content (AvgIpc) is 2.61. The number of carbonyl (C=O) groups excluding carboxylic acids is 2. The molecular formula is C20H14BrNO2. The number of halogens is 1. The van der Waals surface area contributed by atoms with Gasteiger partial charge in [0.25, 0.3) is 11.8 Å². The Balaban J connectivity index is 1.68. The Hall–Kier alpha value is -2.46. The Morgan fingerprint density at radius 2 is 1.38 bits per heavy atom. The molecule has 0 saturated heterocycles. The molecule has 2 amide bonds. The summed E-state index contributed by atoms with van der Waals surface area (Å²) < 4.78 is 1.01. The van der Waals surface area contributed by atoms with Gasteiger partial charge in [-0.2, -0.15) is 0 Å². The third-order valence-corrected chi connectivity index (χ3v) is 4.92. The minimum Gasteiger partial charge on any atom is -0.274 e. The quantitative estimate of drug-likeness (QED) is 0.630. The first-order valence-corrected chi connectivity index (χ1v) is 8.57. The van der Waals surface area contributed by atoms with Crippen molar-refractivity contribution in [2.75, 3.05) is 6.54 Å². The van der Waals surface area contributed by atoms with Gasteiger partial charge in [-0.05, 0) is 41.6 Å². The van der Waals surface area contributed by atoms with Crippen molar-refractivity contribution in [3.63, 3.8) is 0 Å². The zero-order chi connectivity index (χ0) is 16.7. The van der Waals surface area contributed by atoms with Crippen LogP contribution in [-0.4, -0.2) is 23.3 Å². The molecule has 0 unspecified atom stereocenters. The van der Waals surface area contributed by atoms with Crippen LogP contribution in [0.25, 0.3) is 10.8 Å². The van der Waals surface area contributed by atoms with Gasteiger partial charge in [0, 0.05) is 27.5 Å². The van der Waals surface area contributed by atoms with Crippen molar-refractivity contribution in [3.05, 3.63) is 81.8 Å². The predicted octanol–water partition coefficient (Wildman–Crippen LogP) is 4.44. The first kappa shape index (κ1) is 15.1. The van der Waals surface area contributed by atoms with Crippen LogP contribution in [0.4, 0.5) is 0 Å². The van der Waals surface area contributed by atoms with Crippen LogP contribution in [0.5, 0.6) is 0 Å². The molecule has 3 nitrogen and oxygen atoms in total. The Bertz CT molecular complexity index is 912. The van der Waals surface area contributed by atoms with Gasteiger partial charge in [-0.1, -0.05) is 52.3 Å². The molecular weight excluding hydrogens is 366 g/mol. The van der Waals surface area contributed by atoms with Gasteiger partial charge in [0.2, 0.25) is 0 Å². The van der Waals surface area contributed by atoms with Crippen LogP contribution in [0.15, 0.2) is 65.1 Å². The molecule has 0 bridgehead atoms. The molecule has 3 aromatic rings. The molecule has 0 atom stereocenters. The Kier molecular flexibility index (Phi) is 3.69. The summed E-state index contributed by atoms with van der Waals surface area (Å²) in [5.41, 5.74) is 2.31. The highest BCUT2D eigenvalue weighted by Crippen LogP contribution is 2.30. The van der Waals surface area contributed by atoms with Crippen LogP contribution in [0.3, 0.4) is 0 Å². The minimum absolute atomic E-state index is 0.207. The maximum Gasteiger partial charge on any atom is 0.261 e. The average molecular weight is 380 g/mol. The minimum atomic E-state index is -0.207. The molecule has 0 fully saturated rings. The molecule has 0 saturated carbocycles. The number of benzene rings is 3. The number of imide groups is 1. The van der Waals surface area contributed by atoms with Gasteiger partial charge in [-0.25, -0.2) is 0 Å². The lowest BCUT2D eigenvalue weighted by atomic mass is 9.94. The molecule has 1 aliphatic heterocycles. The lowest BCUT2D eigenvalue weighted by molar-refractivity contribution is 0.0612. The topological polar surface area (TPSA) is 37.4 Å². The number of nitrogens with zero attached hydrogens (tertiary/aromatic N) is 1. The smallest absolute Gasteiger partial charge is 0.261 e. The monoisotopic (exact) mass is 379 g/mol. The van der Waals surface area contributed by atoms with Crippen molar-refractivity contribution in [1.82, 2.24) is 4.90 Å². The summed E-state index contributed by atoms with van der Waals surface area (Å²) in [4.78, 5) is 26.9. The standard InChI is InChI=1S/C20H14BrNO2/c21-15-9-7-13(8-10-15)11-12-22-19(23)16-5-1-3-14-4-2-6-17(18(14)16)20(22)24/h1-10H,11-12H2. The number of rotatable bonds is 3. The fourth-order valence-corrected chi connectivity index (χ4v) is 3.44. The van der Waals surface area contributed by atoms with Gasteiger partial charge in [0.05, 0.1) is 0 Å². The lowest BCUT2D eigenvalue weighted by Crippen LogP contribution is -2.41. The normalized spacial score (nSPS) is 13.6. The number of carbonyl (C=O) groups is 2. The van der Waals surface area contributed by atoms with E-state index < -0.39 is 0 Å². The van der Waals surface area contributed by atoms with Crippen molar-refractivity contribution >= 4 is 38.5 Å². The second-order valence-corrected chi connectivity index (χ2v) is 6.76. The third kappa shape index (κ3) is 2.43. The molecule has 0 aromatic heterocycles. The molecule has 1 aliphatic rings. The first-order chi connectivity index (χ1) is 11.6. The summed E-state index contributed by atoms with van der Waals surface area (Å²) in [5, 5.41) is 1.70. The number of hydrogen-bond donors (Lipinski definition) is 0. The molecule has 0 N–H and O–H groups in total. The summed E-state index contributed by atoms with van der Waals surface area (Å²) in [6.45, 7) is 0.379.